The number of aryl methyl sites for hydroxylation is 1. The standard InChI is InChI=1S/C30H35ClN6O3/c1-19-16-22(36-12-14-37(15-13-36)29(39)40-30(2,3)4)18-24-26(19)35-27(34-24)25-23(9-11-33-28(25)38)32-10-8-20-6-5-7-21(31)17-20/h5-7,9,11,16-18H,8,10,12-15H2,1-4H3,(H,34,35)(H2,32,33,38). The van der Waals surface area contributed by atoms with Crippen LogP contribution < -0.4 is 15.8 Å². The number of rotatable bonds is 6. The summed E-state index contributed by atoms with van der Waals surface area (Å²) in [4.78, 5) is 40.4. The van der Waals surface area contributed by atoms with Gasteiger partial charge in [-0.3, -0.25) is 4.79 Å². The van der Waals surface area contributed by atoms with Gasteiger partial charge >= 0.3 is 6.09 Å². The minimum atomic E-state index is -0.513. The number of pyridine rings is 1. The van der Waals surface area contributed by atoms with Crippen molar-refractivity contribution >= 4 is 40.1 Å². The number of hydrogen-bond donors (Lipinski definition) is 3. The first kappa shape index (κ1) is 27.6. The fraction of sp³-hybridized carbons (Fsp3) is 0.367. The third-order valence-electron chi connectivity index (χ3n) is 6.87. The summed E-state index contributed by atoms with van der Waals surface area (Å²) in [6.45, 7) is 10.9. The van der Waals surface area contributed by atoms with Gasteiger partial charge in [-0.1, -0.05) is 23.7 Å². The molecule has 1 saturated heterocycles. The molecule has 0 atom stereocenters. The summed E-state index contributed by atoms with van der Waals surface area (Å²) >= 11 is 6.12. The third kappa shape index (κ3) is 6.25. The molecule has 2 aromatic heterocycles. The van der Waals surface area contributed by atoms with Crippen molar-refractivity contribution in [3.63, 3.8) is 0 Å². The van der Waals surface area contributed by atoms with Gasteiger partial charge in [-0.25, -0.2) is 9.78 Å². The van der Waals surface area contributed by atoms with E-state index in [1.165, 1.54) is 0 Å². The van der Waals surface area contributed by atoms with Crippen LogP contribution in [0.3, 0.4) is 0 Å². The molecule has 0 bridgehead atoms. The Hall–Kier alpha value is -3.98. The molecule has 3 heterocycles. The Labute approximate surface area is 238 Å². The summed E-state index contributed by atoms with van der Waals surface area (Å²) in [5.41, 5.74) is 5.29. The second-order valence-electron chi connectivity index (χ2n) is 11.1. The van der Waals surface area contributed by atoms with E-state index in [4.69, 9.17) is 21.3 Å². The van der Waals surface area contributed by atoms with E-state index in [0.717, 1.165) is 34.3 Å². The Morgan fingerprint density at radius 3 is 2.62 bits per heavy atom. The molecule has 2 aromatic carbocycles. The number of piperazine rings is 1. The number of H-pyrrole nitrogens is 2. The first-order chi connectivity index (χ1) is 19.1. The van der Waals surface area contributed by atoms with Gasteiger partial charge in [0.25, 0.3) is 5.56 Å². The predicted molar refractivity (Wildman–Crippen MR) is 161 cm³/mol. The van der Waals surface area contributed by atoms with E-state index in [9.17, 15) is 9.59 Å². The number of carbonyl (C=O) groups is 1. The van der Waals surface area contributed by atoms with Crippen LogP contribution in [0.2, 0.25) is 5.02 Å². The maximum absolute atomic E-state index is 12.9. The second-order valence-corrected chi connectivity index (χ2v) is 11.5. The van der Waals surface area contributed by atoms with Crippen molar-refractivity contribution < 1.29 is 9.53 Å². The van der Waals surface area contributed by atoms with Crippen molar-refractivity contribution in [2.75, 3.05) is 42.9 Å². The van der Waals surface area contributed by atoms with Crippen LogP contribution in [-0.4, -0.2) is 64.3 Å². The van der Waals surface area contributed by atoms with Crippen LogP contribution in [0.5, 0.6) is 0 Å². The minimum Gasteiger partial charge on any atom is -0.444 e. The monoisotopic (exact) mass is 562 g/mol. The number of fused-ring (bicyclic) bond motifs is 1. The molecule has 4 aromatic rings. The molecule has 40 heavy (non-hydrogen) atoms. The van der Waals surface area contributed by atoms with Crippen LogP contribution in [0.1, 0.15) is 31.9 Å². The SMILES string of the molecule is Cc1cc(N2CCN(C(=O)OC(C)(C)C)CC2)cc2[nH]c(-c3c(NCCc4cccc(Cl)c4)cc[nH]c3=O)nc12. The highest BCUT2D eigenvalue weighted by atomic mass is 35.5. The van der Waals surface area contributed by atoms with Crippen LogP contribution >= 0.6 is 11.6 Å². The lowest BCUT2D eigenvalue weighted by Gasteiger charge is -2.36. The van der Waals surface area contributed by atoms with Gasteiger partial charge < -0.3 is 29.8 Å². The summed E-state index contributed by atoms with van der Waals surface area (Å²) in [6.07, 6.45) is 2.12. The molecule has 3 N–H and O–H groups in total. The van der Waals surface area contributed by atoms with Crippen molar-refractivity contribution in [1.29, 1.82) is 0 Å². The maximum Gasteiger partial charge on any atom is 0.410 e. The Morgan fingerprint density at radius 2 is 1.90 bits per heavy atom. The van der Waals surface area contributed by atoms with Gasteiger partial charge in [-0.05, 0) is 75.6 Å². The van der Waals surface area contributed by atoms with E-state index in [2.05, 4.69) is 32.3 Å². The fourth-order valence-electron chi connectivity index (χ4n) is 4.94. The summed E-state index contributed by atoms with van der Waals surface area (Å²) in [5.74, 6) is 0.511. The third-order valence-corrected chi connectivity index (χ3v) is 7.11. The minimum absolute atomic E-state index is 0.219. The molecule has 9 nitrogen and oxygen atoms in total. The number of hydrogen-bond acceptors (Lipinski definition) is 6. The maximum atomic E-state index is 12.9. The molecular formula is C30H35ClN6O3. The van der Waals surface area contributed by atoms with Crippen molar-refractivity contribution in [2.45, 2.75) is 39.7 Å². The van der Waals surface area contributed by atoms with Crippen LogP contribution in [0.15, 0.2) is 53.5 Å². The number of nitrogens with zero attached hydrogens (tertiary/aromatic N) is 3. The lowest BCUT2D eigenvalue weighted by molar-refractivity contribution is 0.0240. The largest absolute Gasteiger partial charge is 0.444 e. The number of anilines is 2. The Kier molecular flexibility index (Phi) is 7.76. The Balaban J connectivity index is 1.34. The van der Waals surface area contributed by atoms with Crippen LogP contribution in [0.4, 0.5) is 16.2 Å². The van der Waals surface area contributed by atoms with Crippen molar-refractivity contribution in [3.05, 3.63) is 75.2 Å². The zero-order chi connectivity index (χ0) is 28.4. The molecule has 1 amide bonds. The van der Waals surface area contributed by atoms with Gasteiger partial charge in [0.1, 0.15) is 17.0 Å². The zero-order valence-corrected chi connectivity index (χ0v) is 24.1. The van der Waals surface area contributed by atoms with Gasteiger partial charge in [0.05, 0.1) is 16.7 Å². The second kappa shape index (κ2) is 11.3. The topological polar surface area (TPSA) is 106 Å². The van der Waals surface area contributed by atoms with Gasteiger partial charge in [-0.2, -0.15) is 0 Å². The Morgan fingerprint density at radius 1 is 1.12 bits per heavy atom. The molecule has 0 unspecified atom stereocenters. The van der Waals surface area contributed by atoms with Crippen molar-refractivity contribution in [1.82, 2.24) is 19.9 Å². The molecule has 0 spiro atoms. The molecule has 1 aliphatic rings. The summed E-state index contributed by atoms with van der Waals surface area (Å²) < 4.78 is 5.53. The summed E-state index contributed by atoms with van der Waals surface area (Å²) in [7, 11) is 0. The average molecular weight is 563 g/mol. The molecule has 1 aliphatic heterocycles. The predicted octanol–water partition coefficient (Wildman–Crippen LogP) is 5.59. The van der Waals surface area contributed by atoms with E-state index in [-0.39, 0.29) is 11.7 Å². The molecule has 5 rings (SSSR count). The number of benzene rings is 2. The number of carbonyl (C=O) groups excluding carboxylic acids is 1. The average Bonchev–Trinajstić information content (AvgIpc) is 3.32. The van der Waals surface area contributed by atoms with Gasteiger partial charge in [0.2, 0.25) is 0 Å². The van der Waals surface area contributed by atoms with E-state index in [0.29, 0.717) is 54.8 Å². The smallest absolute Gasteiger partial charge is 0.410 e. The molecule has 0 saturated carbocycles. The van der Waals surface area contributed by atoms with Crippen molar-refractivity contribution in [3.8, 4) is 11.4 Å². The number of halogens is 1. The number of aromatic nitrogens is 3. The number of ether oxygens (including phenoxy) is 1. The Bertz CT molecular complexity index is 1580. The summed E-state index contributed by atoms with van der Waals surface area (Å²) in [6, 6.07) is 13.8. The van der Waals surface area contributed by atoms with E-state index >= 15 is 0 Å². The molecule has 210 valence electrons. The lowest BCUT2D eigenvalue weighted by Crippen LogP contribution is -2.50. The van der Waals surface area contributed by atoms with Gasteiger partial charge in [-0.15, -0.1) is 0 Å². The van der Waals surface area contributed by atoms with E-state index < -0.39 is 5.60 Å². The van der Waals surface area contributed by atoms with E-state index in [1.54, 1.807) is 11.1 Å². The quantitative estimate of drug-likeness (QED) is 0.283. The summed E-state index contributed by atoms with van der Waals surface area (Å²) in [5, 5.41) is 4.10. The van der Waals surface area contributed by atoms with Crippen LogP contribution in [0.25, 0.3) is 22.4 Å². The normalized spacial score (nSPS) is 14.0. The van der Waals surface area contributed by atoms with Gasteiger partial charge in [0, 0.05) is 49.6 Å². The highest BCUT2D eigenvalue weighted by molar-refractivity contribution is 6.30. The molecule has 10 heteroatoms. The number of imidazole rings is 1. The van der Waals surface area contributed by atoms with Crippen molar-refractivity contribution in [2.24, 2.45) is 0 Å². The highest BCUT2D eigenvalue weighted by Crippen LogP contribution is 2.30. The fourth-order valence-corrected chi connectivity index (χ4v) is 5.15. The molecule has 1 fully saturated rings. The van der Waals surface area contributed by atoms with Crippen LogP contribution in [0, 0.1) is 6.92 Å². The number of nitrogens with one attached hydrogen (secondary N) is 3. The van der Waals surface area contributed by atoms with Gasteiger partial charge in [0.15, 0.2) is 0 Å². The zero-order valence-electron chi connectivity index (χ0n) is 23.3. The molecule has 0 aliphatic carbocycles. The van der Waals surface area contributed by atoms with E-state index in [1.807, 2.05) is 58.0 Å². The first-order valence-electron chi connectivity index (χ1n) is 13.5. The lowest BCUT2D eigenvalue weighted by atomic mass is 10.1. The number of amides is 1. The number of aromatic amines is 2. The molecular weight excluding hydrogens is 528 g/mol. The highest BCUT2D eigenvalue weighted by Gasteiger charge is 2.26. The van der Waals surface area contributed by atoms with Crippen LogP contribution in [-0.2, 0) is 11.2 Å². The first-order valence-corrected chi connectivity index (χ1v) is 13.9. The molecule has 0 radical (unpaired) electrons.